The Morgan fingerprint density at radius 1 is 1.00 bits per heavy atom. The fourth-order valence-electron chi connectivity index (χ4n) is 3.05. The van der Waals surface area contributed by atoms with E-state index in [1.807, 2.05) is 19.9 Å². The van der Waals surface area contributed by atoms with Gasteiger partial charge < -0.3 is 14.6 Å². The number of carboxylic acid groups (broad SMARTS) is 1. The molecule has 0 radical (unpaired) electrons. The summed E-state index contributed by atoms with van der Waals surface area (Å²) in [5.41, 5.74) is 2.31. The van der Waals surface area contributed by atoms with E-state index in [-0.39, 0.29) is 11.1 Å². The molecule has 0 heterocycles. The molecule has 0 aromatic heterocycles. The highest BCUT2D eigenvalue weighted by molar-refractivity contribution is 7.85. The molecule has 150 valence electrons. The predicted octanol–water partition coefficient (Wildman–Crippen LogP) is -5.28. The highest BCUT2D eigenvalue weighted by Crippen LogP contribution is 2.16. The van der Waals surface area contributed by atoms with E-state index in [0.29, 0.717) is 23.7 Å². The average molecular weight is 418 g/mol. The van der Waals surface area contributed by atoms with Crippen molar-refractivity contribution in [2.45, 2.75) is 12.6 Å². The molecule has 0 spiro atoms. The Bertz CT molecular complexity index is 1010. The molecule has 1 aromatic carbocycles. The summed E-state index contributed by atoms with van der Waals surface area (Å²) < 4.78 is 38.8. The number of aromatic carboxylic acids is 1. The van der Waals surface area contributed by atoms with Crippen molar-refractivity contribution >= 4 is 70.3 Å². The van der Waals surface area contributed by atoms with Crippen LogP contribution in [-0.2, 0) is 37.0 Å². The van der Waals surface area contributed by atoms with Gasteiger partial charge in [0, 0.05) is 0 Å². The zero-order valence-electron chi connectivity index (χ0n) is 16.5. The van der Waals surface area contributed by atoms with Gasteiger partial charge >= 0.3 is 17.9 Å². The van der Waals surface area contributed by atoms with Crippen molar-refractivity contribution in [3.63, 3.8) is 0 Å². The summed E-state index contributed by atoms with van der Waals surface area (Å²) in [6, 6.07) is 0. The summed E-state index contributed by atoms with van der Waals surface area (Å²) in [5, 5.41) is 9.62. The first-order valence-corrected chi connectivity index (χ1v) is 10.3. The lowest BCUT2D eigenvalue weighted by molar-refractivity contribution is -0.136. The zero-order chi connectivity index (χ0) is 22.4. The van der Waals surface area contributed by atoms with Gasteiger partial charge in [-0.15, -0.1) is 0 Å². The highest BCUT2D eigenvalue weighted by atomic mass is 32.2. The predicted molar refractivity (Wildman–Crippen MR) is 115 cm³/mol. The number of esters is 2. The molecule has 0 aliphatic rings. The molecule has 1 rings (SSSR count). The number of hydrogen-bond acceptors (Lipinski definition) is 7. The molecule has 0 aliphatic heterocycles. The van der Waals surface area contributed by atoms with Crippen molar-refractivity contribution in [3.05, 3.63) is 22.3 Å². The summed E-state index contributed by atoms with van der Waals surface area (Å²) in [4.78, 5) is 35.7. The highest BCUT2D eigenvalue weighted by Gasteiger charge is 2.27. The second-order valence-electron chi connectivity index (χ2n) is 6.01. The van der Waals surface area contributed by atoms with Crippen LogP contribution >= 0.6 is 0 Å². The normalized spacial score (nSPS) is 10.5. The van der Waals surface area contributed by atoms with E-state index >= 15 is 0 Å². The van der Waals surface area contributed by atoms with E-state index in [2.05, 4.69) is 4.74 Å². The first kappa shape index (κ1) is 24.4. The average Bonchev–Trinajstić information content (AvgIpc) is 2.60. The Morgan fingerprint density at radius 2 is 1.59 bits per heavy atom. The molecule has 0 aliphatic carbocycles. The second kappa shape index (κ2) is 10.2. The van der Waals surface area contributed by atoms with Crippen LogP contribution in [0.5, 0.6) is 0 Å². The Kier molecular flexibility index (Phi) is 8.60. The van der Waals surface area contributed by atoms with Crippen LogP contribution in [0, 0.1) is 12.0 Å². The van der Waals surface area contributed by atoms with E-state index < -0.39 is 40.4 Å². The molecule has 2 N–H and O–H groups in total. The van der Waals surface area contributed by atoms with Gasteiger partial charge in [-0.25, -0.2) is 14.4 Å². The standard InChI is InChI=1S/C15H18B4O9S/c16-5-7-10(11(14(21)22)13(19)8(6-17)12(7)18)15(23)28-2-1-9(20)27-3-4-29(24,25)26/h3-6,16-19H2,(H,21,22)(H,24,25,26). The lowest BCUT2D eigenvalue weighted by Crippen LogP contribution is -2.35. The van der Waals surface area contributed by atoms with E-state index in [1.54, 1.807) is 23.5 Å². The van der Waals surface area contributed by atoms with Crippen LogP contribution in [0.1, 0.15) is 31.8 Å². The van der Waals surface area contributed by atoms with Crippen LogP contribution in [0.2, 0.25) is 0 Å². The van der Waals surface area contributed by atoms with Gasteiger partial charge in [0.05, 0.1) is 17.0 Å². The number of ether oxygens (including phenoxy) is 2. The first-order chi connectivity index (χ1) is 13.4. The van der Waals surface area contributed by atoms with Crippen molar-refractivity contribution < 1.29 is 41.9 Å². The molecule has 0 saturated heterocycles. The van der Waals surface area contributed by atoms with Crippen LogP contribution < -0.4 is 10.9 Å². The van der Waals surface area contributed by atoms with Gasteiger partial charge in [0.15, 0.2) is 0 Å². The SMILES string of the molecule is BCc1c(B)c(CB)c(C(=O)OC#CC(=O)OCCS(=O)(=O)O)c(C(=O)O)c1B. The number of hydrogen-bond donors (Lipinski definition) is 2. The molecule has 1 aromatic rings. The quantitative estimate of drug-likeness (QED) is 0.192. The number of rotatable bonds is 7. The minimum atomic E-state index is -4.29. The van der Waals surface area contributed by atoms with Crippen molar-refractivity contribution in [2.24, 2.45) is 0 Å². The van der Waals surface area contributed by atoms with Crippen molar-refractivity contribution in [1.82, 2.24) is 0 Å². The second-order valence-corrected chi connectivity index (χ2v) is 7.58. The molecule has 9 nitrogen and oxygen atoms in total. The summed E-state index contributed by atoms with van der Waals surface area (Å²) in [7, 11) is 2.78. The Hall–Kier alpha value is -2.64. The van der Waals surface area contributed by atoms with Gasteiger partial charge in [0.2, 0.25) is 0 Å². The van der Waals surface area contributed by atoms with E-state index in [4.69, 9.17) is 9.29 Å². The number of benzene rings is 1. The van der Waals surface area contributed by atoms with Crippen LogP contribution in [-0.4, -0.2) is 79.7 Å². The molecular formula is C15H18B4O9S. The maximum atomic E-state index is 12.5. The molecule has 29 heavy (non-hydrogen) atoms. The van der Waals surface area contributed by atoms with Gasteiger partial charge in [0.1, 0.15) is 49.9 Å². The van der Waals surface area contributed by atoms with E-state index in [0.717, 1.165) is 11.0 Å². The Morgan fingerprint density at radius 3 is 2.07 bits per heavy atom. The van der Waals surface area contributed by atoms with Crippen molar-refractivity contribution in [3.8, 4) is 12.0 Å². The first-order valence-electron chi connectivity index (χ1n) is 8.66. The third kappa shape index (κ3) is 6.44. The minimum absolute atomic E-state index is 0.124. The molecular weight excluding hydrogens is 399 g/mol. The number of carbonyl (C=O) groups is 3. The van der Waals surface area contributed by atoms with Gasteiger partial charge in [-0.05, 0) is 5.56 Å². The van der Waals surface area contributed by atoms with Crippen LogP contribution in [0.25, 0.3) is 0 Å². The zero-order valence-corrected chi connectivity index (χ0v) is 17.3. The molecule has 0 atom stereocenters. The number of carbonyl (C=O) groups excluding carboxylic acids is 2. The van der Waals surface area contributed by atoms with Crippen molar-refractivity contribution in [1.29, 1.82) is 0 Å². The summed E-state index contributed by atoms with van der Waals surface area (Å²) in [6.45, 7) is -0.625. The van der Waals surface area contributed by atoms with Gasteiger partial charge in [-0.2, -0.15) is 8.42 Å². The minimum Gasteiger partial charge on any atom is -0.478 e. The Balaban J connectivity index is 3.15. The van der Waals surface area contributed by atoms with Gasteiger partial charge in [-0.3, -0.25) is 4.55 Å². The third-order valence-electron chi connectivity index (χ3n) is 4.28. The fourth-order valence-corrected chi connectivity index (χ4v) is 3.34. The number of carboxylic acids is 1. The maximum absolute atomic E-state index is 12.5. The molecule has 0 amide bonds. The largest absolute Gasteiger partial charge is 0.478 e. The fraction of sp³-hybridized carbons (Fsp3) is 0.267. The van der Waals surface area contributed by atoms with Gasteiger partial charge in [0.25, 0.3) is 10.1 Å². The van der Waals surface area contributed by atoms with Crippen LogP contribution in [0.15, 0.2) is 0 Å². The maximum Gasteiger partial charge on any atom is 0.387 e. The molecule has 14 heteroatoms. The smallest absolute Gasteiger partial charge is 0.387 e. The lowest BCUT2D eigenvalue weighted by atomic mass is 9.68. The van der Waals surface area contributed by atoms with Crippen LogP contribution in [0.4, 0.5) is 0 Å². The molecule has 0 bridgehead atoms. The molecule has 0 unspecified atom stereocenters. The third-order valence-corrected chi connectivity index (χ3v) is 4.96. The monoisotopic (exact) mass is 418 g/mol. The van der Waals surface area contributed by atoms with E-state index in [9.17, 15) is 27.9 Å². The van der Waals surface area contributed by atoms with Crippen molar-refractivity contribution in [2.75, 3.05) is 12.4 Å². The topological polar surface area (TPSA) is 144 Å². The molecule has 0 saturated carbocycles. The summed E-state index contributed by atoms with van der Waals surface area (Å²) in [5.74, 6) is -2.45. The van der Waals surface area contributed by atoms with Gasteiger partial charge in [-0.1, -0.05) is 29.1 Å². The summed E-state index contributed by atoms with van der Waals surface area (Å²) in [6.07, 6.45) is 2.81. The van der Waals surface area contributed by atoms with Crippen LogP contribution in [0.3, 0.4) is 0 Å². The summed E-state index contributed by atoms with van der Waals surface area (Å²) >= 11 is 0. The van der Waals surface area contributed by atoms with E-state index in [1.165, 1.54) is 0 Å². The Labute approximate surface area is 171 Å². The molecule has 0 fully saturated rings. The lowest BCUT2D eigenvalue weighted by Gasteiger charge is -2.20.